The van der Waals surface area contributed by atoms with Crippen LogP contribution in [-0.4, -0.2) is 25.3 Å². The molecule has 0 aliphatic carbocycles. The van der Waals surface area contributed by atoms with E-state index in [4.69, 9.17) is 14.0 Å². The molecule has 25 heavy (non-hydrogen) atoms. The summed E-state index contributed by atoms with van der Waals surface area (Å²) in [6.45, 7) is 0. The molecule has 0 fully saturated rings. The van der Waals surface area contributed by atoms with Gasteiger partial charge in [0.1, 0.15) is 0 Å². The highest BCUT2D eigenvalue weighted by Gasteiger charge is 2.15. The van der Waals surface area contributed by atoms with Crippen molar-refractivity contribution in [1.82, 2.24) is 5.16 Å². The minimum Gasteiger partial charge on any atom is -0.493 e. The number of carbonyl (C=O) groups excluding carboxylic acids is 1. The minimum absolute atomic E-state index is 0.185. The largest absolute Gasteiger partial charge is 0.493 e. The zero-order chi connectivity index (χ0) is 17.8. The first kappa shape index (κ1) is 17.0. The van der Waals surface area contributed by atoms with Crippen molar-refractivity contribution in [3.8, 4) is 22.8 Å². The van der Waals surface area contributed by atoms with Crippen molar-refractivity contribution in [2.75, 3.05) is 19.5 Å². The standard InChI is InChI=1S/C18H15BrN2O4/c1-23-15-7-6-11(8-17(15)24-2)16-10-14(21-25-16)18(22)20-13-5-3-4-12(19)9-13/h3-10H,1-2H3,(H,20,22). The molecule has 0 aliphatic rings. The van der Waals surface area contributed by atoms with Gasteiger partial charge in [-0.3, -0.25) is 4.79 Å². The van der Waals surface area contributed by atoms with Crippen LogP contribution in [0.5, 0.6) is 11.5 Å². The second kappa shape index (κ2) is 7.40. The lowest BCUT2D eigenvalue weighted by molar-refractivity contribution is 0.101. The predicted molar refractivity (Wildman–Crippen MR) is 97.1 cm³/mol. The lowest BCUT2D eigenvalue weighted by Gasteiger charge is -2.07. The van der Waals surface area contributed by atoms with Crippen molar-refractivity contribution in [2.24, 2.45) is 0 Å². The van der Waals surface area contributed by atoms with Gasteiger partial charge in [-0.05, 0) is 36.4 Å². The summed E-state index contributed by atoms with van der Waals surface area (Å²) in [7, 11) is 3.12. The number of hydrogen-bond acceptors (Lipinski definition) is 5. The number of nitrogens with zero attached hydrogens (tertiary/aromatic N) is 1. The topological polar surface area (TPSA) is 73.6 Å². The normalized spacial score (nSPS) is 10.4. The molecule has 0 aliphatic heterocycles. The van der Waals surface area contributed by atoms with Gasteiger partial charge in [0.2, 0.25) is 0 Å². The number of nitrogens with one attached hydrogen (secondary N) is 1. The molecule has 0 saturated carbocycles. The average molecular weight is 403 g/mol. The fourth-order valence-corrected chi connectivity index (χ4v) is 2.67. The Morgan fingerprint density at radius 1 is 1.08 bits per heavy atom. The Bertz CT molecular complexity index is 908. The zero-order valence-electron chi connectivity index (χ0n) is 13.6. The van der Waals surface area contributed by atoms with E-state index in [1.54, 1.807) is 50.6 Å². The molecule has 3 rings (SSSR count). The van der Waals surface area contributed by atoms with Crippen LogP contribution in [0.3, 0.4) is 0 Å². The number of anilines is 1. The number of rotatable bonds is 5. The molecule has 3 aromatic rings. The van der Waals surface area contributed by atoms with Crippen LogP contribution in [0.4, 0.5) is 5.69 Å². The number of ether oxygens (including phenoxy) is 2. The van der Waals surface area contributed by atoms with Gasteiger partial charge >= 0.3 is 0 Å². The van der Waals surface area contributed by atoms with Gasteiger partial charge in [-0.1, -0.05) is 27.2 Å². The fourth-order valence-electron chi connectivity index (χ4n) is 2.27. The SMILES string of the molecule is COc1ccc(-c2cc(C(=O)Nc3cccc(Br)c3)no2)cc1OC. The Morgan fingerprint density at radius 3 is 2.60 bits per heavy atom. The summed E-state index contributed by atoms with van der Waals surface area (Å²) in [5.41, 5.74) is 1.58. The Balaban J connectivity index is 1.81. The summed E-state index contributed by atoms with van der Waals surface area (Å²) < 4.78 is 16.6. The van der Waals surface area contributed by atoms with Gasteiger partial charge < -0.3 is 19.3 Å². The van der Waals surface area contributed by atoms with E-state index in [0.29, 0.717) is 22.9 Å². The molecule has 1 aromatic heterocycles. The maximum atomic E-state index is 12.3. The van der Waals surface area contributed by atoms with Gasteiger partial charge in [-0.2, -0.15) is 0 Å². The van der Waals surface area contributed by atoms with E-state index in [1.807, 2.05) is 12.1 Å². The summed E-state index contributed by atoms with van der Waals surface area (Å²) in [5.74, 6) is 1.28. The number of benzene rings is 2. The Morgan fingerprint density at radius 2 is 1.88 bits per heavy atom. The van der Waals surface area contributed by atoms with Crippen LogP contribution in [0.2, 0.25) is 0 Å². The van der Waals surface area contributed by atoms with Crippen LogP contribution < -0.4 is 14.8 Å². The maximum Gasteiger partial charge on any atom is 0.277 e. The summed E-state index contributed by atoms with van der Waals surface area (Å²) in [6, 6.07) is 14.2. The van der Waals surface area contributed by atoms with Crippen LogP contribution in [0.1, 0.15) is 10.5 Å². The fraction of sp³-hybridized carbons (Fsp3) is 0.111. The van der Waals surface area contributed by atoms with Crippen LogP contribution in [-0.2, 0) is 0 Å². The number of aromatic nitrogens is 1. The maximum absolute atomic E-state index is 12.3. The Hall–Kier alpha value is -2.80. The van der Waals surface area contributed by atoms with Gasteiger partial charge in [-0.15, -0.1) is 0 Å². The number of halogens is 1. The molecule has 0 radical (unpaired) electrons. The van der Waals surface area contributed by atoms with Crippen molar-refractivity contribution < 1.29 is 18.8 Å². The molecule has 0 atom stereocenters. The van der Waals surface area contributed by atoms with E-state index >= 15 is 0 Å². The molecule has 1 heterocycles. The molecule has 2 aromatic carbocycles. The van der Waals surface area contributed by atoms with Gasteiger partial charge in [0.15, 0.2) is 23.0 Å². The highest BCUT2D eigenvalue weighted by Crippen LogP contribution is 2.32. The quantitative estimate of drug-likeness (QED) is 0.685. The molecule has 0 bridgehead atoms. The Kier molecular flexibility index (Phi) is 5.04. The van der Waals surface area contributed by atoms with E-state index in [0.717, 1.165) is 10.0 Å². The van der Waals surface area contributed by atoms with Crippen LogP contribution in [0, 0.1) is 0 Å². The molecule has 0 saturated heterocycles. The number of methoxy groups -OCH3 is 2. The number of hydrogen-bond donors (Lipinski definition) is 1. The zero-order valence-corrected chi connectivity index (χ0v) is 15.2. The summed E-state index contributed by atoms with van der Waals surface area (Å²) in [4.78, 5) is 12.3. The molecule has 6 nitrogen and oxygen atoms in total. The van der Waals surface area contributed by atoms with Crippen LogP contribution >= 0.6 is 15.9 Å². The van der Waals surface area contributed by atoms with Gasteiger partial charge in [0, 0.05) is 21.8 Å². The highest BCUT2D eigenvalue weighted by molar-refractivity contribution is 9.10. The second-order valence-corrected chi connectivity index (χ2v) is 6.03. The third-order valence-corrected chi connectivity index (χ3v) is 3.99. The second-order valence-electron chi connectivity index (χ2n) is 5.11. The summed E-state index contributed by atoms with van der Waals surface area (Å²) >= 11 is 3.36. The highest BCUT2D eigenvalue weighted by atomic mass is 79.9. The molecule has 7 heteroatoms. The Labute approximate surface area is 152 Å². The number of carbonyl (C=O) groups is 1. The van der Waals surface area contributed by atoms with Gasteiger partial charge in [-0.25, -0.2) is 0 Å². The first-order valence-electron chi connectivity index (χ1n) is 7.36. The van der Waals surface area contributed by atoms with Crippen molar-refractivity contribution in [1.29, 1.82) is 0 Å². The van der Waals surface area contributed by atoms with E-state index < -0.39 is 0 Å². The first-order valence-corrected chi connectivity index (χ1v) is 8.16. The van der Waals surface area contributed by atoms with Crippen molar-refractivity contribution in [3.05, 3.63) is 58.7 Å². The van der Waals surface area contributed by atoms with Crippen LogP contribution in [0.15, 0.2) is 57.5 Å². The smallest absolute Gasteiger partial charge is 0.277 e. The van der Waals surface area contributed by atoms with Crippen LogP contribution in [0.25, 0.3) is 11.3 Å². The molecule has 1 amide bonds. The third kappa shape index (κ3) is 3.83. The van der Waals surface area contributed by atoms with Gasteiger partial charge in [0.25, 0.3) is 5.91 Å². The summed E-state index contributed by atoms with van der Waals surface area (Å²) in [6.07, 6.45) is 0. The monoisotopic (exact) mass is 402 g/mol. The first-order chi connectivity index (χ1) is 12.1. The van der Waals surface area contributed by atoms with Crippen molar-refractivity contribution in [2.45, 2.75) is 0 Å². The van der Waals surface area contributed by atoms with Gasteiger partial charge in [0.05, 0.1) is 14.2 Å². The van der Waals surface area contributed by atoms with E-state index in [9.17, 15) is 4.79 Å². The van der Waals surface area contributed by atoms with Crippen molar-refractivity contribution in [3.63, 3.8) is 0 Å². The molecule has 1 N–H and O–H groups in total. The van der Waals surface area contributed by atoms with E-state index in [-0.39, 0.29) is 11.6 Å². The molecular weight excluding hydrogens is 388 g/mol. The molecular formula is C18H15BrN2O4. The lowest BCUT2D eigenvalue weighted by Crippen LogP contribution is -2.11. The minimum atomic E-state index is -0.353. The molecule has 0 spiro atoms. The van der Waals surface area contributed by atoms with E-state index in [1.165, 1.54) is 0 Å². The summed E-state index contributed by atoms with van der Waals surface area (Å²) in [5, 5.41) is 6.61. The average Bonchev–Trinajstić information content (AvgIpc) is 3.11. The number of amides is 1. The predicted octanol–water partition coefficient (Wildman–Crippen LogP) is 4.37. The molecule has 0 unspecified atom stereocenters. The van der Waals surface area contributed by atoms with E-state index in [2.05, 4.69) is 26.4 Å². The third-order valence-electron chi connectivity index (χ3n) is 3.49. The van der Waals surface area contributed by atoms with Crippen molar-refractivity contribution >= 4 is 27.5 Å². The lowest BCUT2D eigenvalue weighted by atomic mass is 10.1. The molecule has 128 valence electrons.